The predicted molar refractivity (Wildman–Crippen MR) is 56.9 cm³/mol. The van der Waals surface area contributed by atoms with Crippen molar-refractivity contribution in [2.45, 2.75) is 31.2 Å². The Labute approximate surface area is 88.7 Å². The zero-order chi connectivity index (χ0) is 11.0. The van der Waals surface area contributed by atoms with Gasteiger partial charge >= 0.3 is 0 Å². The molecule has 0 saturated heterocycles. The van der Waals surface area contributed by atoms with Crippen molar-refractivity contribution in [1.82, 2.24) is 9.78 Å². The topological polar surface area (TPSA) is 93.6 Å². The Morgan fingerprint density at radius 2 is 2.27 bits per heavy atom. The molecule has 0 aromatic carbocycles. The highest BCUT2D eigenvalue weighted by Crippen LogP contribution is 2.35. The monoisotopic (exact) mass is 205 g/mol. The van der Waals surface area contributed by atoms with Gasteiger partial charge in [0, 0.05) is 19.0 Å². The van der Waals surface area contributed by atoms with Crippen LogP contribution in [-0.2, 0) is 7.05 Å². The number of hydrogen-bond donors (Lipinski definition) is 2. The first kappa shape index (κ1) is 9.99. The average Bonchev–Trinajstić information content (AvgIpc) is 2.73. The van der Waals surface area contributed by atoms with E-state index in [-0.39, 0.29) is 12.0 Å². The smallest absolute Gasteiger partial charge is 0.139 e. The van der Waals surface area contributed by atoms with E-state index in [9.17, 15) is 0 Å². The van der Waals surface area contributed by atoms with Gasteiger partial charge in [-0.25, -0.2) is 0 Å². The molecule has 2 unspecified atom stereocenters. The maximum Gasteiger partial charge on any atom is 0.139 e. The second-order valence-electron chi connectivity index (χ2n) is 4.08. The first-order valence-electron chi connectivity index (χ1n) is 5.13. The maximum atomic E-state index is 9.04. The minimum atomic E-state index is 0.117. The molecular formula is C10H15N5. The van der Waals surface area contributed by atoms with Crippen molar-refractivity contribution in [3.05, 3.63) is 11.3 Å². The molecule has 1 aliphatic carbocycles. The molecule has 5 heteroatoms. The molecule has 2 atom stereocenters. The number of nitrogen functional groups attached to an aromatic ring is 1. The summed E-state index contributed by atoms with van der Waals surface area (Å²) in [6, 6.07) is 2.24. The van der Waals surface area contributed by atoms with Crippen LogP contribution < -0.4 is 11.5 Å². The molecule has 1 heterocycles. The zero-order valence-corrected chi connectivity index (χ0v) is 8.77. The molecule has 5 nitrogen and oxygen atoms in total. The molecule has 2 rings (SSSR count). The molecule has 4 N–H and O–H groups in total. The van der Waals surface area contributed by atoms with Gasteiger partial charge in [-0.15, -0.1) is 0 Å². The number of nitrogens with zero attached hydrogens (tertiary/aromatic N) is 3. The second kappa shape index (κ2) is 3.55. The summed E-state index contributed by atoms with van der Waals surface area (Å²) < 4.78 is 1.55. The maximum absolute atomic E-state index is 9.04. The highest BCUT2D eigenvalue weighted by molar-refractivity contribution is 5.53. The summed E-state index contributed by atoms with van der Waals surface area (Å²) in [5, 5.41) is 13.3. The molecule has 80 valence electrons. The fourth-order valence-corrected chi connectivity index (χ4v) is 2.26. The number of hydrogen-bond acceptors (Lipinski definition) is 4. The normalized spacial score (nSPS) is 25.4. The largest absolute Gasteiger partial charge is 0.383 e. The van der Waals surface area contributed by atoms with Gasteiger partial charge in [0.2, 0.25) is 0 Å². The summed E-state index contributed by atoms with van der Waals surface area (Å²) in [6.07, 6.45) is 3.12. The van der Waals surface area contributed by atoms with Gasteiger partial charge in [0.15, 0.2) is 0 Å². The number of nitriles is 1. The van der Waals surface area contributed by atoms with Gasteiger partial charge in [0.25, 0.3) is 0 Å². The Balaban J connectivity index is 2.44. The van der Waals surface area contributed by atoms with Crippen LogP contribution in [0.15, 0.2) is 0 Å². The van der Waals surface area contributed by atoms with E-state index >= 15 is 0 Å². The summed E-state index contributed by atoms with van der Waals surface area (Å²) in [7, 11) is 1.75. The van der Waals surface area contributed by atoms with Crippen LogP contribution in [0.25, 0.3) is 0 Å². The van der Waals surface area contributed by atoms with Gasteiger partial charge in [0.05, 0.1) is 5.69 Å². The third-order valence-corrected chi connectivity index (χ3v) is 3.15. The van der Waals surface area contributed by atoms with Gasteiger partial charge in [-0.1, -0.05) is 6.42 Å². The lowest BCUT2D eigenvalue weighted by Gasteiger charge is -2.12. The van der Waals surface area contributed by atoms with Crippen molar-refractivity contribution in [2.75, 3.05) is 5.73 Å². The quantitative estimate of drug-likeness (QED) is 0.696. The standard InChI is InChI=1S/C10H15N5/c1-15-10(13)7(5-11)9(14-15)6-3-2-4-8(6)12/h6,8H,2-4,12-13H2,1H3. The van der Waals surface area contributed by atoms with Gasteiger partial charge in [-0.3, -0.25) is 4.68 Å². The van der Waals surface area contributed by atoms with Crippen molar-refractivity contribution in [3.8, 4) is 6.07 Å². The molecule has 1 saturated carbocycles. The summed E-state index contributed by atoms with van der Waals surface area (Å²) >= 11 is 0. The van der Waals surface area contributed by atoms with Crippen LogP contribution in [0.2, 0.25) is 0 Å². The summed E-state index contributed by atoms with van der Waals surface area (Å²) in [5.41, 5.74) is 13.0. The van der Waals surface area contributed by atoms with Gasteiger partial charge < -0.3 is 11.5 Å². The average molecular weight is 205 g/mol. The van der Waals surface area contributed by atoms with E-state index < -0.39 is 0 Å². The van der Waals surface area contributed by atoms with Crippen LogP contribution >= 0.6 is 0 Å². The lowest BCUT2D eigenvalue weighted by molar-refractivity contribution is 0.584. The molecular weight excluding hydrogens is 190 g/mol. The van der Waals surface area contributed by atoms with E-state index in [2.05, 4.69) is 11.2 Å². The van der Waals surface area contributed by atoms with Gasteiger partial charge in [-0.05, 0) is 12.8 Å². The Hall–Kier alpha value is -1.54. The van der Waals surface area contributed by atoms with E-state index in [4.69, 9.17) is 16.7 Å². The Morgan fingerprint density at radius 3 is 2.80 bits per heavy atom. The molecule has 0 radical (unpaired) electrons. The third kappa shape index (κ3) is 1.47. The SMILES string of the molecule is Cn1nc(C2CCCC2N)c(C#N)c1N. The fraction of sp³-hybridized carbons (Fsp3) is 0.600. The molecule has 1 aromatic heterocycles. The van der Waals surface area contributed by atoms with E-state index in [0.717, 1.165) is 25.0 Å². The lowest BCUT2D eigenvalue weighted by Crippen LogP contribution is -2.23. The zero-order valence-electron chi connectivity index (χ0n) is 8.77. The molecule has 15 heavy (non-hydrogen) atoms. The molecule has 1 aliphatic rings. The van der Waals surface area contributed by atoms with Crippen molar-refractivity contribution in [2.24, 2.45) is 12.8 Å². The minimum absolute atomic E-state index is 0.117. The second-order valence-corrected chi connectivity index (χ2v) is 4.08. The van der Waals surface area contributed by atoms with Crippen LogP contribution in [0.1, 0.15) is 36.4 Å². The molecule has 0 bridgehead atoms. The Morgan fingerprint density at radius 1 is 1.53 bits per heavy atom. The van der Waals surface area contributed by atoms with Crippen molar-refractivity contribution >= 4 is 5.82 Å². The highest BCUT2D eigenvalue weighted by Gasteiger charge is 2.31. The number of nitrogens with two attached hydrogens (primary N) is 2. The summed E-state index contributed by atoms with van der Waals surface area (Å²) in [4.78, 5) is 0. The number of aromatic nitrogens is 2. The summed E-state index contributed by atoms with van der Waals surface area (Å²) in [6.45, 7) is 0. The van der Waals surface area contributed by atoms with Crippen LogP contribution in [0, 0.1) is 11.3 Å². The third-order valence-electron chi connectivity index (χ3n) is 3.15. The molecule has 0 aliphatic heterocycles. The van der Waals surface area contributed by atoms with E-state index in [1.807, 2.05) is 0 Å². The van der Waals surface area contributed by atoms with E-state index in [1.54, 1.807) is 11.7 Å². The molecule has 1 fully saturated rings. The molecule has 0 amide bonds. The molecule has 1 aromatic rings. The summed E-state index contributed by atoms with van der Waals surface area (Å²) in [5.74, 6) is 0.634. The van der Waals surface area contributed by atoms with Crippen LogP contribution in [0.4, 0.5) is 5.82 Å². The van der Waals surface area contributed by atoms with E-state index in [0.29, 0.717) is 11.4 Å². The predicted octanol–water partition coefficient (Wildman–Crippen LogP) is 0.469. The van der Waals surface area contributed by atoms with Crippen LogP contribution in [0.3, 0.4) is 0 Å². The van der Waals surface area contributed by atoms with Crippen LogP contribution in [0.5, 0.6) is 0 Å². The first-order valence-corrected chi connectivity index (χ1v) is 5.13. The Bertz CT molecular complexity index is 414. The fourth-order valence-electron chi connectivity index (χ4n) is 2.26. The number of anilines is 1. The van der Waals surface area contributed by atoms with Crippen molar-refractivity contribution in [1.29, 1.82) is 5.26 Å². The number of aryl methyl sites for hydroxylation is 1. The van der Waals surface area contributed by atoms with Crippen molar-refractivity contribution in [3.63, 3.8) is 0 Å². The number of rotatable bonds is 1. The lowest BCUT2D eigenvalue weighted by atomic mass is 9.97. The van der Waals surface area contributed by atoms with E-state index in [1.165, 1.54) is 0 Å². The highest BCUT2D eigenvalue weighted by atomic mass is 15.3. The Kier molecular flexibility index (Phi) is 2.37. The molecule has 0 spiro atoms. The minimum Gasteiger partial charge on any atom is -0.383 e. The first-order chi connectivity index (χ1) is 7.15. The van der Waals surface area contributed by atoms with Gasteiger partial charge in [-0.2, -0.15) is 10.4 Å². The van der Waals surface area contributed by atoms with Crippen LogP contribution in [-0.4, -0.2) is 15.8 Å². The van der Waals surface area contributed by atoms with Crippen molar-refractivity contribution < 1.29 is 0 Å². The van der Waals surface area contributed by atoms with Gasteiger partial charge in [0.1, 0.15) is 17.5 Å².